The number of esters is 5. The molecule has 3 aliphatic rings. The van der Waals surface area contributed by atoms with Gasteiger partial charge < -0.3 is 62.2 Å². The van der Waals surface area contributed by atoms with E-state index in [1.165, 1.54) is 27.9 Å². The first-order chi connectivity index (χ1) is 29.1. The van der Waals surface area contributed by atoms with E-state index in [4.69, 9.17) is 47.4 Å². The molecule has 2 fully saturated rings. The van der Waals surface area contributed by atoms with Crippen LogP contribution in [0.4, 0.5) is 0 Å². The van der Waals surface area contributed by atoms with E-state index >= 15 is 0 Å². The average molecular weight is 884 g/mol. The molecule has 0 unspecified atom stereocenters. The maximum absolute atomic E-state index is 13.4. The van der Waals surface area contributed by atoms with Crippen molar-refractivity contribution in [1.29, 1.82) is 0 Å². The minimum Gasteiger partial charge on any atom is -0.462 e. The summed E-state index contributed by atoms with van der Waals surface area (Å²) in [6.45, 7) is 14.0. The van der Waals surface area contributed by atoms with Gasteiger partial charge in [0.1, 0.15) is 42.9 Å². The fraction of sp³-hybridized carbons (Fsp3) is 0.773. The number of hydrogen-bond donors (Lipinski definition) is 1. The molecule has 0 radical (unpaired) electrons. The van der Waals surface area contributed by atoms with Gasteiger partial charge in [0.15, 0.2) is 24.3 Å². The Kier molecular flexibility index (Phi) is 20.6. The summed E-state index contributed by atoms with van der Waals surface area (Å²) in [5.41, 5.74) is -1.33. The van der Waals surface area contributed by atoms with Gasteiger partial charge in [-0.3, -0.25) is 24.0 Å². The van der Waals surface area contributed by atoms with Crippen LogP contribution in [0, 0.1) is 11.8 Å². The lowest BCUT2D eigenvalue weighted by Gasteiger charge is -2.50. The number of rotatable bonds is 13. The predicted octanol–water partition coefficient (Wildman–Crippen LogP) is 3.52. The maximum atomic E-state index is 13.4. The van der Waals surface area contributed by atoms with E-state index in [1.807, 2.05) is 6.92 Å². The standard InChI is InChI=1S/C44H69NO17/c1-13-34(50)59-42-27(5)55-36(23-44(42,9)62-30(8)49)60-39-26(4)56-43(38(52)37(39)45(10)11)61-40-31(19-20-46)21-24(2)32(57-28(6)47)18-16-14-15-17-25(3)54-35(51)22-33(41(40)53-12)58-29(7)48/h14-16,18,20,24-27,31-33,36-43,52H,13,17,19,21-23H2,1-12H3/b15-14+,18-16+/t24-,25-,26+,27+,31+,32+,33-,36-,37-,38+,39-,40+,41+,42+,43+,44-/m1/s1. The number of carbonyl (C=O) groups excluding carboxylic acids is 6. The lowest BCUT2D eigenvalue weighted by molar-refractivity contribution is -0.344. The first kappa shape index (κ1) is 52.6. The predicted molar refractivity (Wildman–Crippen MR) is 220 cm³/mol. The third kappa shape index (κ3) is 14.9. The summed E-state index contributed by atoms with van der Waals surface area (Å²) in [4.78, 5) is 77.0. The SMILES string of the molecule is CCC(=O)O[C@H]1[C@H](C)O[C@H](O[C@H]2[C@H](N(C)C)[C@H](O)[C@H](O[C@H]3[C@@H](CC=O)C[C@@H](C)[C@@H](OC(C)=O)/C=C/C=C/C[C@@H](C)OC(=O)C[C@@H](OC(C)=O)[C@@H]3OC)O[C@H]2C)C[C@@]1(C)OC(C)=O. The van der Waals surface area contributed by atoms with Crippen molar-refractivity contribution in [2.24, 2.45) is 11.8 Å². The van der Waals surface area contributed by atoms with E-state index in [9.17, 15) is 33.9 Å². The van der Waals surface area contributed by atoms with E-state index in [-0.39, 0.29) is 25.7 Å². The van der Waals surface area contributed by atoms with E-state index in [2.05, 4.69) is 0 Å². The fourth-order valence-corrected chi connectivity index (χ4v) is 8.53. The molecule has 1 N–H and O–H groups in total. The quantitative estimate of drug-likeness (QED) is 0.159. The number of methoxy groups -OCH3 is 1. The molecule has 62 heavy (non-hydrogen) atoms. The Balaban J connectivity index is 2.07. The van der Waals surface area contributed by atoms with Crippen molar-refractivity contribution in [3.05, 3.63) is 24.3 Å². The second kappa shape index (κ2) is 24.3. The van der Waals surface area contributed by atoms with Gasteiger partial charge in [-0.15, -0.1) is 0 Å². The molecule has 3 rings (SSSR count). The topological polar surface area (TPSA) is 218 Å². The molecule has 2 saturated heterocycles. The number of nitrogens with zero attached hydrogens (tertiary/aromatic N) is 1. The number of likely N-dealkylation sites (N-methyl/N-ethyl adjacent to an activating group) is 1. The van der Waals surface area contributed by atoms with Crippen molar-refractivity contribution in [3.8, 4) is 0 Å². The monoisotopic (exact) mass is 883 g/mol. The molecule has 0 bridgehead atoms. The molecule has 0 saturated carbocycles. The largest absolute Gasteiger partial charge is 0.462 e. The van der Waals surface area contributed by atoms with Crippen molar-refractivity contribution in [1.82, 2.24) is 4.90 Å². The van der Waals surface area contributed by atoms with Crippen LogP contribution in [0.1, 0.15) is 101 Å². The third-order valence-electron chi connectivity index (χ3n) is 11.3. The van der Waals surface area contributed by atoms with Crippen LogP contribution in [0.2, 0.25) is 0 Å². The molecular weight excluding hydrogens is 814 g/mol. The van der Waals surface area contributed by atoms with Gasteiger partial charge in [-0.1, -0.05) is 32.1 Å². The number of ether oxygens (including phenoxy) is 10. The number of cyclic esters (lactones) is 1. The van der Waals surface area contributed by atoms with E-state index in [0.29, 0.717) is 12.7 Å². The van der Waals surface area contributed by atoms with Gasteiger partial charge in [0.05, 0.1) is 30.8 Å². The molecule has 0 aromatic carbocycles. The second-order valence-corrected chi connectivity index (χ2v) is 16.9. The Morgan fingerprint density at radius 1 is 0.919 bits per heavy atom. The number of hydrogen-bond acceptors (Lipinski definition) is 18. The molecule has 18 nitrogen and oxygen atoms in total. The maximum Gasteiger partial charge on any atom is 0.309 e. The van der Waals surface area contributed by atoms with Crippen LogP contribution < -0.4 is 0 Å². The minimum atomic E-state index is -1.45. The summed E-state index contributed by atoms with van der Waals surface area (Å²) in [5.74, 6) is -4.16. The molecular formula is C44H69NO17. The van der Waals surface area contributed by atoms with E-state index in [0.717, 1.165) is 0 Å². The number of aliphatic hydroxyl groups is 1. The van der Waals surface area contributed by atoms with Crippen LogP contribution in [0.15, 0.2) is 24.3 Å². The summed E-state index contributed by atoms with van der Waals surface area (Å²) in [6.07, 6.45) is -4.49. The Morgan fingerprint density at radius 3 is 2.18 bits per heavy atom. The van der Waals surface area contributed by atoms with Crippen LogP contribution in [0.5, 0.6) is 0 Å². The average Bonchev–Trinajstić information content (AvgIpc) is 3.15. The van der Waals surface area contributed by atoms with Gasteiger partial charge in [-0.05, 0) is 66.1 Å². The zero-order chi connectivity index (χ0) is 46.5. The molecule has 3 aliphatic heterocycles. The van der Waals surface area contributed by atoms with Crippen molar-refractivity contribution in [2.75, 3.05) is 21.2 Å². The lowest BCUT2D eigenvalue weighted by Crippen LogP contribution is -2.66. The highest BCUT2D eigenvalue weighted by Gasteiger charge is 2.54. The molecule has 0 aliphatic carbocycles. The summed E-state index contributed by atoms with van der Waals surface area (Å²) >= 11 is 0. The van der Waals surface area contributed by atoms with Crippen molar-refractivity contribution >= 4 is 36.1 Å². The van der Waals surface area contributed by atoms with Crippen LogP contribution in [-0.4, -0.2) is 153 Å². The molecule has 16 atom stereocenters. The molecule has 352 valence electrons. The summed E-state index contributed by atoms with van der Waals surface area (Å²) in [7, 11) is 4.81. The van der Waals surface area contributed by atoms with Crippen LogP contribution >= 0.6 is 0 Å². The van der Waals surface area contributed by atoms with Gasteiger partial charge in [0.25, 0.3) is 0 Å². The normalized spacial score (nSPS) is 38.5. The van der Waals surface area contributed by atoms with Gasteiger partial charge in [0.2, 0.25) is 0 Å². The Labute approximate surface area is 365 Å². The van der Waals surface area contributed by atoms with E-state index < -0.39 is 133 Å². The lowest BCUT2D eigenvalue weighted by atomic mass is 9.82. The number of carbonyl (C=O) groups is 6. The summed E-state index contributed by atoms with van der Waals surface area (Å²) in [6, 6.07) is -0.832. The highest BCUT2D eigenvalue weighted by Crippen LogP contribution is 2.39. The third-order valence-corrected chi connectivity index (χ3v) is 11.3. The van der Waals surface area contributed by atoms with Crippen molar-refractivity contribution in [2.45, 2.75) is 186 Å². The molecule has 0 amide bonds. The smallest absolute Gasteiger partial charge is 0.309 e. The zero-order valence-corrected chi connectivity index (χ0v) is 38.2. The minimum absolute atomic E-state index is 0.0281. The fourth-order valence-electron chi connectivity index (χ4n) is 8.53. The molecule has 3 heterocycles. The number of aldehydes is 1. The number of aliphatic hydroxyl groups excluding tert-OH is 1. The zero-order valence-electron chi connectivity index (χ0n) is 38.2. The number of allylic oxidation sites excluding steroid dienone is 2. The molecule has 0 spiro atoms. The highest BCUT2D eigenvalue weighted by molar-refractivity contribution is 5.72. The van der Waals surface area contributed by atoms with Gasteiger partial charge in [-0.25, -0.2) is 0 Å². The summed E-state index contributed by atoms with van der Waals surface area (Å²) < 4.78 is 60.4. The van der Waals surface area contributed by atoms with Crippen LogP contribution in [0.25, 0.3) is 0 Å². The van der Waals surface area contributed by atoms with Gasteiger partial charge in [-0.2, -0.15) is 0 Å². The van der Waals surface area contributed by atoms with Crippen molar-refractivity contribution < 1.29 is 81.2 Å². The van der Waals surface area contributed by atoms with Gasteiger partial charge in [0, 0.05) is 53.6 Å². The van der Waals surface area contributed by atoms with Crippen LogP contribution in [-0.2, 0) is 76.1 Å². The first-order valence-corrected chi connectivity index (χ1v) is 21.3. The van der Waals surface area contributed by atoms with Crippen molar-refractivity contribution in [3.63, 3.8) is 0 Å². The van der Waals surface area contributed by atoms with E-state index in [1.54, 1.807) is 77.9 Å². The Bertz CT molecular complexity index is 1570. The van der Waals surface area contributed by atoms with Gasteiger partial charge >= 0.3 is 29.8 Å². The Hall–Kier alpha value is -3.78. The molecule has 18 heteroatoms. The first-order valence-electron chi connectivity index (χ1n) is 21.3. The van der Waals surface area contributed by atoms with Crippen LogP contribution in [0.3, 0.4) is 0 Å². The molecule has 0 aromatic rings. The summed E-state index contributed by atoms with van der Waals surface area (Å²) in [5, 5.41) is 12.2. The molecule has 0 aromatic heterocycles. The Morgan fingerprint density at radius 2 is 1.60 bits per heavy atom. The second-order valence-electron chi connectivity index (χ2n) is 16.9. The highest BCUT2D eigenvalue weighted by atomic mass is 16.7.